The van der Waals surface area contributed by atoms with Gasteiger partial charge in [0.1, 0.15) is 0 Å². The van der Waals surface area contributed by atoms with Crippen LogP contribution in [0.3, 0.4) is 0 Å². The average molecular weight is 506 g/mol. The number of benzene rings is 4. The molecule has 1 aliphatic carbocycles. The molecule has 4 aromatic carbocycles. The highest BCUT2D eigenvalue weighted by Gasteiger charge is 2.14. The van der Waals surface area contributed by atoms with E-state index in [1.54, 1.807) is 0 Å². The number of hydrogen-bond acceptors (Lipinski definition) is 1. The lowest BCUT2D eigenvalue weighted by Crippen LogP contribution is -2.22. The summed E-state index contributed by atoms with van der Waals surface area (Å²) in [6.45, 7) is 5.09. The molecule has 0 spiro atoms. The third-order valence-electron chi connectivity index (χ3n) is 7.14. The van der Waals surface area contributed by atoms with Crippen molar-refractivity contribution in [3.05, 3.63) is 174 Å². The minimum atomic E-state index is 0.780. The molecule has 1 nitrogen and oxygen atoms in total. The predicted octanol–water partition coefficient (Wildman–Crippen LogP) is 10.1. The SMILES string of the molecule is C/C=C(\C=C/CN(C1=CC=C(c2ccccc2)C=CC1)c1ccc(-c2ccccc2)c(C)c1)c1ccccc1. The van der Waals surface area contributed by atoms with Crippen LogP contribution >= 0.6 is 0 Å². The Morgan fingerprint density at radius 3 is 2.10 bits per heavy atom. The molecule has 0 aliphatic heterocycles. The van der Waals surface area contributed by atoms with Crippen molar-refractivity contribution < 1.29 is 0 Å². The zero-order valence-electron chi connectivity index (χ0n) is 22.8. The van der Waals surface area contributed by atoms with Gasteiger partial charge in [0.05, 0.1) is 0 Å². The van der Waals surface area contributed by atoms with Crippen LogP contribution < -0.4 is 4.90 Å². The maximum absolute atomic E-state index is 2.44. The molecule has 4 aromatic rings. The van der Waals surface area contributed by atoms with E-state index >= 15 is 0 Å². The molecule has 1 heteroatoms. The van der Waals surface area contributed by atoms with Gasteiger partial charge in [0.25, 0.3) is 0 Å². The number of allylic oxidation sites excluding steroid dienone is 8. The minimum Gasteiger partial charge on any atom is -0.341 e. The van der Waals surface area contributed by atoms with Gasteiger partial charge in [-0.1, -0.05) is 134 Å². The zero-order valence-corrected chi connectivity index (χ0v) is 22.8. The topological polar surface area (TPSA) is 3.24 Å². The molecule has 0 saturated carbocycles. The first-order valence-corrected chi connectivity index (χ1v) is 13.7. The maximum atomic E-state index is 2.44. The lowest BCUT2D eigenvalue weighted by molar-refractivity contribution is 0.965. The fourth-order valence-corrected chi connectivity index (χ4v) is 5.06. The van der Waals surface area contributed by atoms with Crippen LogP contribution in [-0.2, 0) is 0 Å². The number of aryl methyl sites for hydroxylation is 1. The van der Waals surface area contributed by atoms with Gasteiger partial charge in [-0.3, -0.25) is 0 Å². The first-order chi connectivity index (χ1) is 19.2. The van der Waals surface area contributed by atoms with Gasteiger partial charge in [-0.2, -0.15) is 0 Å². The van der Waals surface area contributed by atoms with E-state index in [0.29, 0.717) is 0 Å². The van der Waals surface area contributed by atoms with E-state index in [1.807, 2.05) is 0 Å². The summed E-state index contributed by atoms with van der Waals surface area (Å²) in [5, 5.41) is 0. The zero-order chi connectivity index (χ0) is 26.9. The van der Waals surface area contributed by atoms with Gasteiger partial charge in [0.2, 0.25) is 0 Å². The van der Waals surface area contributed by atoms with Crippen molar-refractivity contribution in [1.82, 2.24) is 0 Å². The second-order valence-corrected chi connectivity index (χ2v) is 9.74. The largest absolute Gasteiger partial charge is 0.341 e. The molecule has 0 fully saturated rings. The summed E-state index contributed by atoms with van der Waals surface area (Å²) >= 11 is 0. The number of anilines is 1. The summed E-state index contributed by atoms with van der Waals surface area (Å²) in [6.07, 6.45) is 16.6. The van der Waals surface area contributed by atoms with E-state index in [4.69, 9.17) is 0 Å². The molecule has 5 rings (SSSR count). The van der Waals surface area contributed by atoms with E-state index in [0.717, 1.165) is 13.0 Å². The molecule has 0 radical (unpaired) electrons. The van der Waals surface area contributed by atoms with Gasteiger partial charge < -0.3 is 4.90 Å². The molecule has 39 heavy (non-hydrogen) atoms. The van der Waals surface area contributed by atoms with E-state index in [9.17, 15) is 0 Å². The molecule has 0 atom stereocenters. The first kappa shape index (κ1) is 26.0. The number of rotatable bonds is 8. The van der Waals surface area contributed by atoms with Crippen LogP contribution in [0.15, 0.2) is 157 Å². The highest BCUT2D eigenvalue weighted by atomic mass is 15.1. The highest BCUT2D eigenvalue weighted by Crippen LogP contribution is 2.31. The van der Waals surface area contributed by atoms with Crippen LogP contribution in [-0.4, -0.2) is 6.54 Å². The number of hydrogen-bond donors (Lipinski definition) is 0. The fourth-order valence-electron chi connectivity index (χ4n) is 5.06. The quantitative estimate of drug-likeness (QED) is 0.215. The van der Waals surface area contributed by atoms with Crippen LogP contribution in [0.2, 0.25) is 0 Å². The van der Waals surface area contributed by atoms with Gasteiger partial charge in [0.15, 0.2) is 0 Å². The van der Waals surface area contributed by atoms with E-state index in [-0.39, 0.29) is 0 Å². The van der Waals surface area contributed by atoms with Crippen LogP contribution in [0.4, 0.5) is 5.69 Å². The van der Waals surface area contributed by atoms with Crippen molar-refractivity contribution in [2.45, 2.75) is 20.3 Å². The maximum Gasteiger partial charge on any atom is 0.0414 e. The molecular formula is C38H35N. The van der Waals surface area contributed by atoms with E-state index in [1.165, 1.54) is 50.3 Å². The summed E-state index contributed by atoms with van der Waals surface area (Å²) in [7, 11) is 0. The van der Waals surface area contributed by atoms with Crippen molar-refractivity contribution in [3.63, 3.8) is 0 Å². The lowest BCUT2D eigenvalue weighted by atomic mass is 9.99. The van der Waals surface area contributed by atoms with Gasteiger partial charge >= 0.3 is 0 Å². The smallest absolute Gasteiger partial charge is 0.0414 e. The van der Waals surface area contributed by atoms with Crippen molar-refractivity contribution in [3.8, 4) is 11.1 Å². The van der Waals surface area contributed by atoms with Crippen molar-refractivity contribution in [2.75, 3.05) is 11.4 Å². The minimum absolute atomic E-state index is 0.780. The van der Waals surface area contributed by atoms with E-state index in [2.05, 4.69) is 170 Å². The molecule has 0 aromatic heterocycles. The molecule has 192 valence electrons. The Morgan fingerprint density at radius 2 is 1.44 bits per heavy atom. The Morgan fingerprint density at radius 1 is 0.769 bits per heavy atom. The van der Waals surface area contributed by atoms with Gasteiger partial charge in [-0.05, 0) is 71.0 Å². The van der Waals surface area contributed by atoms with Crippen LogP contribution in [0.5, 0.6) is 0 Å². The Bertz CT molecular complexity index is 1530. The summed E-state index contributed by atoms with van der Waals surface area (Å²) < 4.78 is 0. The van der Waals surface area contributed by atoms with Crippen molar-refractivity contribution >= 4 is 16.8 Å². The third kappa shape index (κ3) is 6.45. The molecule has 0 saturated heterocycles. The highest BCUT2D eigenvalue weighted by molar-refractivity contribution is 5.77. The Balaban J connectivity index is 1.48. The third-order valence-corrected chi connectivity index (χ3v) is 7.14. The monoisotopic (exact) mass is 505 g/mol. The lowest BCUT2D eigenvalue weighted by Gasteiger charge is -2.27. The van der Waals surface area contributed by atoms with Crippen molar-refractivity contribution in [2.24, 2.45) is 0 Å². The molecule has 0 amide bonds. The molecular weight excluding hydrogens is 470 g/mol. The summed E-state index contributed by atoms with van der Waals surface area (Å²) in [5.74, 6) is 0. The van der Waals surface area contributed by atoms with Gasteiger partial charge in [-0.25, -0.2) is 0 Å². The van der Waals surface area contributed by atoms with Crippen LogP contribution in [0.1, 0.15) is 30.0 Å². The Labute approximate surface area is 233 Å². The molecule has 0 N–H and O–H groups in total. The van der Waals surface area contributed by atoms with Crippen LogP contribution in [0.25, 0.3) is 22.3 Å². The van der Waals surface area contributed by atoms with Crippen LogP contribution in [0, 0.1) is 6.92 Å². The van der Waals surface area contributed by atoms with Gasteiger partial charge in [0, 0.05) is 24.4 Å². The summed E-state index contributed by atoms with van der Waals surface area (Å²) in [4.78, 5) is 2.44. The molecule has 0 unspecified atom stereocenters. The van der Waals surface area contributed by atoms with Gasteiger partial charge in [-0.15, -0.1) is 0 Å². The van der Waals surface area contributed by atoms with Crippen molar-refractivity contribution in [1.29, 1.82) is 0 Å². The second-order valence-electron chi connectivity index (χ2n) is 9.74. The number of nitrogens with zero attached hydrogens (tertiary/aromatic N) is 1. The Hall–Kier alpha value is -4.62. The van der Waals surface area contributed by atoms with E-state index < -0.39 is 0 Å². The fraction of sp³-hybridized carbons (Fsp3) is 0.105. The predicted molar refractivity (Wildman–Crippen MR) is 169 cm³/mol. The Kier molecular flexibility index (Phi) is 8.51. The summed E-state index contributed by atoms with van der Waals surface area (Å²) in [5.41, 5.74) is 11.2. The molecule has 0 heterocycles. The second kappa shape index (κ2) is 12.8. The standard InChI is InChI=1S/C38H35N/c1-3-31(32-15-7-4-8-16-32)22-14-28-39(36-23-13-21-34(24-25-36)33-17-9-5-10-18-33)37-26-27-38(30(2)29-37)35-19-11-6-12-20-35/h3-22,24-27,29H,23,28H2,1-2H3/b22-14-,31-3+. The first-order valence-electron chi connectivity index (χ1n) is 13.7. The summed E-state index contributed by atoms with van der Waals surface area (Å²) in [6, 6.07) is 38.6. The molecule has 0 bridgehead atoms. The molecule has 1 aliphatic rings. The average Bonchev–Trinajstić information content (AvgIpc) is 3.25. The normalized spacial score (nSPS) is 13.6.